The highest BCUT2D eigenvalue weighted by molar-refractivity contribution is 8.02. The topological polar surface area (TPSA) is 96.4 Å². The lowest BCUT2D eigenvalue weighted by molar-refractivity contribution is -0.155. The molecular weight excluding hydrogens is 504 g/mol. The van der Waals surface area contributed by atoms with Crippen molar-refractivity contribution in [3.8, 4) is 5.75 Å². The zero-order valence-corrected chi connectivity index (χ0v) is 23.1. The van der Waals surface area contributed by atoms with Crippen molar-refractivity contribution in [2.45, 2.75) is 54.6 Å². The molecule has 8 nitrogen and oxygen atoms in total. The second-order valence-electron chi connectivity index (χ2n) is 10.4. The van der Waals surface area contributed by atoms with Gasteiger partial charge in [-0.2, -0.15) is 0 Å². The smallest absolute Gasteiger partial charge is 0.311 e. The van der Waals surface area contributed by atoms with Crippen molar-refractivity contribution >= 4 is 35.2 Å². The maximum Gasteiger partial charge on any atom is 0.311 e. The molecular formula is C29H38N2O6S. The summed E-state index contributed by atoms with van der Waals surface area (Å²) in [7, 11) is 1.58. The van der Waals surface area contributed by atoms with Gasteiger partial charge in [-0.05, 0) is 63.3 Å². The van der Waals surface area contributed by atoms with E-state index < -0.39 is 27.4 Å². The molecule has 1 aromatic carbocycles. The predicted molar refractivity (Wildman–Crippen MR) is 148 cm³/mol. The van der Waals surface area contributed by atoms with Crippen LogP contribution in [0.4, 0.5) is 5.69 Å². The van der Waals surface area contributed by atoms with Gasteiger partial charge >= 0.3 is 5.97 Å². The summed E-state index contributed by atoms with van der Waals surface area (Å²) >= 11 is 1.61. The normalized spacial score (nSPS) is 29.2. The minimum absolute atomic E-state index is 0.100. The molecule has 0 saturated carbocycles. The molecule has 3 aliphatic heterocycles. The van der Waals surface area contributed by atoms with E-state index in [4.69, 9.17) is 9.47 Å². The molecule has 0 aliphatic carbocycles. The van der Waals surface area contributed by atoms with Gasteiger partial charge in [0, 0.05) is 30.1 Å². The van der Waals surface area contributed by atoms with E-state index in [1.807, 2.05) is 19.1 Å². The number of aliphatic hydroxyl groups is 1. The van der Waals surface area contributed by atoms with Crippen molar-refractivity contribution in [1.82, 2.24) is 4.90 Å². The molecule has 1 aromatic rings. The second-order valence-corrected chi connectivity index (χ2v) is 12.3. The van der Waals surface area contributed by atoms with Crippen LogP contribution in [0.1, 0.15) is 39.0 Å². The molecule has 1 N–H and O–H groups in total. The Morgan fingerprint density at radius 1 is 1.21 bits per heavy atom. The van der Waals surface area contributed by atoms with Crippen LogP contribution in [0.3, 0.4) is 0 Å². The van der Waals surface area contributed by atoms with Gasteiger partial charge < -0.3 is 24.4 Å². The number of carbonyl (C=O) groups is 3. The maximum absolute atomic E-state index is 14.4. The number of ether oxygens (including phenoxy) is 2. The third kappa shape index (κ3) is 4.75. The summed E-state index contributed by atoms with van der Waals surface area (Å²) in [5, 5.41) is 9.57. The Labute approximate surface area is 229 Å². The Hall–Kier alpha value is -2.78. The lowest BCUT2D eigenvalue weighted by Gasteiger charge is -2.37. The predicted octanol–water partition coefficient (Wildman–Crippen LogP) is 3.59. The van der Waals surface area contributed by atoms with E-state index in [0.29, 0.717) is 30.7 Å². The van der Waals surface area contributed by atoms with Crippen molar-refractivity contribution in [1.29, 1.82) is 0 Å². The molecule has 206 valence electrons. The molecule has 0 radical (unpaired) electrons. The molecule has 4 rings (SSSR count). The van der Waals surface area contributed by atoms with E-state index in [0.717, 1.165) is 12.8 Å². The number of allylic oxidation sites excluding steroid dienone is 1. The van der Waals surface area contributed by atoms with E-state index in [1.165, 1.54) is 0 Å². The molecule has 9 heteroatoms. The number of unbranched alkanes of at least 4 members (excludes halogenated alkanes) is 1. The van der Waals surface area contributed by atoms with Crippen LogP contribution in [0.5, 0.6) is 5.75 Å². The number of fused-ring (bicyclic) bond motifs is 1. The summed E-state index contributed by atoms with van der Waals surface area (Å²) in [5.74, 6) is -1.37. The number of rotatable bonds is 13. The minimum Gasteiger partial charge on any atom is -0.497 e. The number of anilines is 1. The molecule has 0 aromatic heterocycles. The maximum atomic E-state index is 14.4. The number of benzene rings is 1. The van der Waals surface area contributed by atoms with E-state index in [2.05, 4.69) is 13.2 Å². The second kappa shape index (κ2) is 11.5. The lowest BCUT2D eigenvalue weighted by atomic mass is 9.66. The van der Waals surface area contributed by atoms with Gasteiger partial charge in [0.15, 0.2) is 0 Å². The van der Waals surface area contributed by atoms with Crippen LogP contribution >= 0.6 is 11.8 Å². The Kier molecular flexibility index (Phi) is 8.57. The molecule has 1 spiro atoms. The molecule has 3 saturated heterocycles. The molecule has 38 heavy (non-hydrogen) atoms. The quantitative estimate of drug-likeness (QED) is 0.231. The molecule has 3 fully saturated rings. The number of carbonyl (C=O) groups excluding carboxylic acids is 3. The largest absolute Gasteiger partial charge is 0.497 e. The number of likely N-dealkylation sites (tertiary alicyclic amines) is 1. The van der Waals surface area contributed by atoms with Crippen LogP contribution in [0.15, 0.2) is 49.6 Å². The Bertz CT molecular complexity index is 1080. The number of esters is 1. The number of amides is 2. The van der Waals surface area contributed by atoms with E-state index in [9.17, 15) is 19.5 Å². The van der Waals surface area contributed by atoms with Gasteiger partial charge in [-0.1, -0.05) is 12.2 Å². The summed E-state index contributed by atoms with van der Waals surface area (Å²) in [5.41, 5.74) is 0.673. The first-order valence-corrected chi connectivity index (χ1v) is 14.0. The molecule has 5 atom stereocenters. The molecule has 3 heterocycles. The van der Waals surface area contributed by atoms with Crippen LogP contribution < -0.4 is 9.64 Å². The SMILES string of the molecule is C=CCCCOC(=O)[C@H]1[C@H]2C(=O)N(CCCO)C(C(=O)N(CC=C)c3ccc(OC)cc3)C23CC[C@]1(C)S3. The fourth-order valence-electron chi connectivity index (χ4n) is 6.40. The third-order valence-corrected chi connectivity index (χ3v) is 10.1. The van der Waals surface area contributed by atoms with Crippen LogP contribution in [0.25, 0.3) is 0 Å². The number of hydrogen-bond acceptors (Lipinski definition) is 7. The fourth-order valence-corrected chi connectivity index (χ4v) is 8.74. The fraction of sp³-hybridized carbons (Fsp3) is 0.552. The number of methoxy groups -OCH3 is 1. The number of nitrogens with zero attached hydrogens (tertiary/aromatic N) is 2. The number of thioether (sulfide) groups is 1. The van der Waals surface area contributed by atoms with Gasteiger partial charge in [0.2, 0.25) is 5.91 Å². The molecule has 2 bridgehead atoms. The van der Waals surface area contributed by atoms with E-state index in [-0.39, 0.29) is 44.1 Å². The summed E-state index contributed by atoms with van der Waals surface area (Å²) < 4.78 is 9.71. The Balaban J connectivity index is 1.71. The first-order valence-electron chi connectivity index (χ1n) is 13.2. The summed E-state index contributed by atoms with van der Waals surface area (Å²) in [6.45, 7) is 10.3. The highest BCUT2D eigenvalue weighted by Gasteiger charge is 2.77. The van der Waals surface area contributed by atoms with Crippen molar-refractivity contribution in [2.75, 3.05) is 38.3 Å². The van der Waals surface area contributed by atoms with Gasteiger partial charge in [-0.3, -0.25) is 14.4 Å². The van der Waals surface area contributed by atoms with Gasteiger partial charge in [-0.15, -0.1) is 24.9 Å². The summed E-state index contributed by atoms with van der Waals surface area (Å²) in [6, 6.07) is 6.44. The average molecular weight is 543 g/mol. The molecule has 3 aliphatic rings. The zero-order valence-electron chi connectivity index (χ0n) is 22.3. The average Bonchev–Trinajstić information content (AvgIpc) is 3.48. The minimum atomic E-state index is -0.765. The Morgan fingerprint density at radius 2 is 1.95 bits per heavy atom. The van der Waals surface area contributed by atoms with Crippen molar-refractivity contribution in [3.05, 3.63) is 49.6 Å². The lowest BCUT2D eigenvalue weighted by Crippen LogP contribution is -2.55. The highest BCUT2D eigenvalue weighted by Crippen LogP contribution is 2.71. The van der Waals surface area contributed by atoms with Crippen molar-refractivity contribution in [3.63, 3.8) is 0 Å². The van der Waals surface area contributed by atoms with Crippen molar-refractivity contribution in [2.24, 2.45) is 11.8 Å². The monoisotopic (exact) mass is 542 g/mol. The van der Waals surface area contributed by atoms with Crippen molar-refractivity contribution < 1.29 is 29.0 Å². The zero-order chi connectivity index (χ0) is 27.5. The first-order chi connectivity index (χ1) is 18.3. The van der Waals surface area contributed by atoms with Gasteiger partial charge in [-0.25, -0.2) is 0 Å². The first kappa shape index (κ1) is 28.2. The summed E-state index contributed by atoms with van der Waals surface area (Å²) in [6.07, 6.45) is 6.59. The van der Waals surface area contributed by atoms with Crippen LogP contribution in [0.2, 0.25) is 0 Å². The van der Waals surface area contributed by atoms with E-state index >= 15 is 0 Å². The van der Waals surface area contributed by atoms with Gasteiger partial charge in [0.1, 0.15) is 11.8 Å². The van der Waals surface area contributed by atoms with Crippen LogP contribution in [0, 0.1) is 11.8 Å². The molecule has 2 amide bonds. The van der Waals surface area contributed by atoms with E-state index in [1.54, 1.807) is 53.0 Å². The molecule has 2 unspecified atom stereocenters. The highest BCUT2D eigenvalue weighted by atomic mass is 32.2. The summed E-state index contributed by atoms with van der Waals surface area (Å²) in [4.78, 5) is 45.1. The number of hydrogen-bond donors (Lipinski definition) is 1. The number of aliphatic hydroxyl groups excluding tert-OH is 1. The van der Waals surface area contributed by atoms with Crippen LogP contribution in [-0.2, 0) is 19.1 Å². The third-order valence-electron chi connectivity index (χ3n) is 8.08. The van der Waals surface area contributed by atoms with Crippen LogP contribution in [-0.4, -0.2) is 76.7 Å². The van der Waals surface area contributed by atoms with Gasteiger partial charge in [0.25, 0.3) is 5.91 Å². The van der Waals surface area contributed by atoms with Gasteiger partial charge in [0.05, 0.1) is 30.3 Å². The Morgan fingerprint density at radius 3 is 2.58 bits per heavy atom. The standard InChI is InChI=1S/C29H38N2O6S/c1-5-7-8-19-37-27(35)23-22-25(33)31(17-9-18-32)24(29(22)15-14-28(23,3)38-29)26(34)30(16-6-2)20-10-12-21(36-4)13-11-20/h5-6,10-13,22-24,32H,1-2,7-9,14-19H2,3-4H3/t22-,23+,24?,28-,29?/m0/s1.